The Kier molecular flexibility index (Phi) is 4.47. The van der Waals surface area contributed by atoms with Crippen LogP contribution in [0, 0.1) is 0 Å². The summed E-state index contributed by atoms with van der Waals surface area (Å²) in [5.41, 5.74) is 1.63. The highest BCUT2D eigenvalue weighted by molar-refractivity contribution is 6.01. The van der Waals surface area contributed by atoms with E-state index in [9.17, 15) is 13.2 Å². The van der Waals surface area contributed by atoms with Crippen molar-refractivity contribution in [1.82, 2.24) is 5.32 Å². The highest BCUT2D eigenvalue weighted by Gasteiger charge is 2.29. The molecule has 0 aliphatic carbocycles. The fraction of sp³-hybridized carbons (Fsp3) is 0.167. The second kappa shape index (κ2) is 6.44. The van der Waals surface area contributed by atoms with Crippen LogP contribution in [-0.2, 0) is 6.18 Å². The van der Waals surface area contributed by atoms with Crippen LogP contribution in [0.25, 0.3) is 22.1 Å². The van der Waals surface area contributed by atoms with E-state index < -0.39 is 11.7 Å². The van der Waals surface area contributed by atoms with Gasteiger partial charge in [-0.3, -0.25) is 4.99 Å². The molecular weight excluding hydrogens is 353 g/mol. The first-order chi connectivity index (χ1) is 11.5. The zero-order valence-corrected chi connectivity index (χ0v) is 13.7. The van der Waals surface area contributed by atoms with E-state index in [2.05, 4.69) is 10.3 Å². The number of aliphatic imine (C=N–C) groups is 1. The Morgan fingerprint density at radius 1 is 0.960 bits per heavy atom. The lowest BCUT2D eigenvalue weighted by Crippen LogP contribution is -2.18. The van der Waals surface area contributed by atoms with E-state index in [1.807, 2.05) is 24.3 Å². The molecule has 130 valence electrons. The topological polar surface area (TPSA) is 37.5 Å². The van der Waals surface area contributed by atoms with Gasteiger partial charge in [-0.15, -0.1) is 12.4 Å². The number of hydrogen-bond acceptors (Lipinski definition) is 3. The summed E-state index contributed by atoms with van der Waals surface area (Å²) in [4.78, 5) is 4.32. The van der Waals surface area contributed by atoms with Gasteiger partial charge in [0.05, 0.1) is 12.1 Å². The van der Waals surface area contributed by atoms with Gasteiger partial charge >= 0.3 is 6.18 Å². The molecule has 1 aliphatic heterocycles. The average molecular weight is 367 g/mol. The molecule has 1 N–H and O–H groups in total. The van der Waals surface area contributed by atoms with Crippen molar-refractivity contribution in [2.75, 3.05) is 13.1 Å². The molecule has 2 heterocycles. The van der Waals surface area contributed by atoms with Crippen molar-refractivity contribution in [3.63, 3.8) is 0 Å². The third kappa shape index (κ3) is 3.35. The lowest BCUT2D eigenvalue weighted by atomic mass is 10.0. The summed E-state index contributed by atoms with van der Waals surface area (Å²) >= 11 is 0. The molecule has 3 aromatic rings. The van der Waals surface area contributed by atoms with Crippen LogP contribution < -0.4 is 5.32 Å². The Morgan fingerprint density at radius 2 is 1.68 bits per heavy atom. The largest absolute Gasteiger partial charge is 0.453 e. The maximum Gasteiger partial charge on any atom is 0.416 e. The van der Waals surface area contributed by atoms with Gasteiger partial charge in [-0.05, 0) is 41.5 Å². The lowest BCUT2D eigenvalue weighted by Gasteiger charge is -2.07. The van der Waals surface area contributed by atoms with Crippen LogP contribution in [0.5, 0.6) is 0 Å². The van der Waals surface area contributed by atoms with Crippen molar-refractivity contribution in [3.8, 4) is 11.1 Å². The maximum atomic E-state index is 12.7. The smallest absolute Gasteiger partial charge is 0.416 e. The molecule has 1 aliphatic rings. The Hall–Kier alpha value is -2.47. The number of benzene rings is 2. The SMILES string of the molecule is Cl.FC(F)(F)c1ccc(-c2ccc3oc(C4=NCCN4)cc3c2)cc1. The monoisotopic (exact) mass is 366 g/mol. The van der Waals surface area contributed by atoms with Gasteiger partial charge in [-0.25, -0.2) is 0 Å². The van der Waals surface area contributed by atoms with Gasteiger partial charge in [0.1, 0.15) is 5.58 Å². The molecule has 25 heavy (non-hydrogen) atoms. The summed E-state index contributed by atoms with van der Waals surface area (Å²) in [5.74, 6) is 1.41. The minimum atomic E-state index is -4.32. The van der Waals surface area contributed by atoms with E-state index in [0.29, 0.717) is 5.76 Å². The maximum absolute atomic E-state index is 12.7. The molecule has 1 aromatic heterocycles. The molecule has 0 atom stereocenters. The predicted molar refractivity (Wildman–Crippen MR) is 93.3 cm³/mol. The highest BCUT2D eigenvalue weighted by Crippen LogP contribution is 2.32. The zero-order valence-electron chi connectivity index (χ0n) is 12.9. The van der Waals surface area contributed by atoms with Crippen molar-refractivity contribution < 1.29 is 17.6 Å². The molecule has 0 fully saturated rings. The molecular formula is C18H14ClF3N2O. The van der Waals surface area contributed by atoms with Crippen LogP contribution in [0.15, 0.2) is 57.9 Å². The first-order valence-electron chi connectivity index (χ1n) is 7.51. The van der Waals surface area contributed by atoms with Crippen molar-refractivity contribution in [2.45, 2.75) is 6.18 Å². The third-order valence-corrected chi connectivity index (χ3v) is 3.97. The van der Waals surface area contributed by atoms with E-state index in [4.69, 9.17) is 4.42 Å². The zero-order chi connectivity index (χ0) is 16.7. The average Bonchev–Trinajstić information content (AvgIpc) is 3.22. The van der Waals surface area contributed by atoms with Crippen LogP contribution in [0.1, 0.15) is 11.3 Å². The lowest BCUT2D eigenvalue weighted by molar-refractivity contribution is -0.137. The van der Waals surface area contributed by atoms with Crippen LogP contribution in [-0.4, -0.2) is 18.9 Å². The summed E-state index contributed by atoms with van der Waals surface area (Å²) in [6.07, 6.45) is -4.32. The van der Waals surface area contributed by atoms with Gasteiger partial charge < -0.3 is 9.73 Å². The minimum absolute atomic E-state index is 0. The fourth-order valence-corrected chi connectivity index (χ4v) is 2.75. The number of nitrogens with zero attached hydrogens (tertiary/aromatic N) is 1. The van der Waals surface area contributed by atoms with E-state index >= 15 is 0 Å². The van der Waals surface area contributed by atoms with Crippen molar-refractivity contribution in [2.24, 2.45) is 4.99 Å². The quantitative estimate of drug-likeness (QED) is 0.701. The molecule has 2 aromatic carbocycles. The number of furan rings is 1. The van der Waals surface area contributed by atoms with Crippen molar-refractivity contribution in [3.05, 3.63) is 59.9 Å². The number of alkyl halides is 3. The van der Waals surface area contributed by atoms with Gasteiger partial charge in [-0.2, -0.15) is 13.2 Å². The third-order valence-electron chi connectivity index (χ3n) is 3.97. The number of amidine groups is 1. The first kappa shape index (κ1) is 17.4. The second-order valence-electron chi connectivity index (χ2n) is 5.60. The Labute approximate surface area is 148 Å². The van der Waals surface area contributed by atoms with Gasteiger partial charge in [0, 0.05) is 11.9 Å². The summed E-state index contributed by atoms with van der Waals surface area (Å²) in [7, 11) is 0. The van der Waals surface area contributed by atoms with Gasteiger partial charge in [0.15, 0.2) is 11.6 Å². The molecule has 0 saturated heterocycles. The molecule has 0 bridgehead atoms. The molecule has 0 saturated carbocycles. The highest BCUT2D eigenvalue weighted by atomic mass is 35.5. The summed E-state index contributed by atoms with van der Waals surface area (Å²) in [6.45, 7) is 1.52. The standard InChI is InChI=1S/C18H13F3N2O.ClH/c19-18(20,21)14-4-1-11(2-5-14)12-3-6-15-13(9-12)10-16(24-15)17-22-7-8-23-17;/h1-6,9-10H,7-8H2,(H,22,23);1H. The molecule has 7 heteroatoms. The molecule has 0 unspecified atom stereocenters. The predicted octanol–water partition coefficient (Wildman–Crippen LogP) is 4.89. The molecule has 0 spiro atoms. The first-order valence-corrected chi connectivity index (χ1v) is 7.51. The minimum Gasteiger partial charge on any atom is -0.453 e. The van der Waals surface area contributed by atoms with Crippen LogP contribution >= 0.6 is 12.4 Å². The van der Waals surface area contributed by atoms with Crippen LogP contribution in [0.4, 0.5) is 13.2 Å². The number of halogens is 4. The Bertz CT molecular complexity index is 930. The Morgan fingerprint density at radius 3 is 2.32 bits per heavy atom. The van der Waals surface area contributed by atoms with Crippen LogP contribution in [0.3, 0.4) is 0 Å². The molecule has 4 rings (SSSR count). The molecule has 3 nitrogen and oxygen atoms in total. The summed E-state index contributed by atoms with van der Waals surface area (Å²) in [5, 5.41) is 4.04. The summed E-state index contributed by atoms with van der Waals surface area (Å²) < 4.78 is 43.7. The number of fused-ring (bicyclic) bond motifs is 1. The van der Waals surface area contributed by atoms with Crippen molar-refractivity contribution >= 4 is 29.2 Å². The van der Waals surface area contributed by atoms with Gasteiger partial charge in [0.2, 0.25) is 0 Å². The van der Waals surface area contributed by atoms with E-state index in [0.717, 1.165) is 53.2 Å². The second-order valence-corrected chi connectivity index (χ2v) is 5.60. The van der Waals surface area contributed by atoms with Crippen molar-refractivity contribution in [1.29, 1.82) is 0 Å². The molecule has 0 amide bonds. The normalized spacial score (nSPS) is 14.1. The van der Waals surface area contributed by atoms with Gasteiger partial charge in [-0.1, -0.05) is 18.2 Å². The van der Waals surface area contributed by atoms with E-state index in [1.54, 1.807) is 0 Å². The number of nitrogens with one attached hydrogen (secondary N) is 1. The van der Waals surface area contributed by atoms with Crippen LogP contribution in [0.2, 0.25) is 0 Å². The summed E-state index contributed by atoms with van der Waals surface area (Å²) in [6, 6.07) is 12.6. The number of hydrogen-bond donors (Lipinski definition) is 1. The van der Waals surface area contributed by atoms with Gasteiger partial charge in [0.25, 0.3) is 0 Å². The van der Waals surface area contributed by atoms with E-state index in [-0.39, 0.29) is 12.4 Å². The molecule has 0 radical (unpaired) electrons. The number of rotatable bonds is 2. The van der Waals surface area contributed by atoms with E-state index in [1.165, 1.54) is 12.1 Å². The Balaban J connectivity index is 0.00000182. The fourth-order valence-electron chi connectivity index (χ4n) is 2.75.